The van der Waals surface area contributed by atoms with Crippen LogP contribution in [0.1, 0.15) is 10.4 Å². The SMILES string of the molecule is CN(C(=O)c1ccncc1O)c1cccc(O)c1. The Kier molecular flexibility index (Phi) is 3.14. The fraction of sp³-hybridized carbons (Fsp3) is 0.0769. The highest BCUT2D eigenvalue weighted by molar-refractivity contribution is 6.07. The van der Waals surface area contributed by atoms with Gasteiger partial charge < -0.3 is 15.1 Å². The first kappa shape index (κ1) is 11.9. The number of amides is 1. The molecule has 0 saturated carbocycles. The van der Waals surface area contributed by atoms with Crippen LogP contribution in [0.3, 0.4) is 0 Å². The van der Waals surface area contributed by atoms with Crippen LogP contribution in [0.25, 0.3) is 0 Å². The second-order valence-corrected chi connectivity index (χ2v) is 3.78. The quantitative estimate of drug-likeness (QED) is 0.844. The van der Waals surface area contributed by atoms with E-state index in [1.54, 1.807) is 19.2 Å². The molecule has 0 unspecified atom stereocenters. The lowest BCUT2D eigenvalue weighted by atomic mass is 10.2. The normalized spacial score (nSPS) is 10.1. The zero-order valence-corrected chi connectivity index (χ0v) is 9.74. The molecule has 1 heterocycles. The van der Waals surface area contributed by atoms with Crippen molar-refractivity contribution < 1.29 is 15.0 Å². The van der Waals surface area contributed by atoms with Crippen molar-refractivity contribution in [1.29, 1.82) is 0 Å². The van der Waals surface area contributed by atoms with Gasteiger partial charge in [-0.2, -0.15) is 0 Å². The molecule has 92 valence electrons. The summed E-state index contributed by atoms with van der Waals surface area (Å²) in [6.07, 6.45) is 2.65. The summed E-state index contributed by atoms with van der Waals surface area (Å²) < 4.78 is 0. The van der Waals surface area contributed by atoms with Gasteiger partial charge in [-0.15, -0.1) is 0 Å². The molecular formula is C13H12N2O3. The highest BCUT2D eigenvalue weighted by Crippen LogP contribution is 2.23. The Morgan fingerprint density at radius 2 is 2.06 bits per heavy atom. The van der Waals surface area contributed by atoms with Crippen molar-refractivity contribution in [2.45, 2.75) is 0 Å². The maximum atomic E-state index is 12.1. The summed E-state index contributed by atoms with van der Waals surface area (Å²) in [6.45, 7) is 0. The third kappa shape index (κ3) is 2.24. The summed E-state index contributed by atoms with van der Waals surface area (Å²) in [6, 6.07) is 7.76. The van der Waals surface area contributed by atoms with Crippen molar-refractivity contribution in [3.8, 4) is 11.5 Å². The summed E-state index contributed by atoms with van der Waals surface area (Å²) in [5, 5.41) is 18.9. The Hall–Kier alpha value is -2.56. The average Bonchev–Trinajstić information content (AvgIpc) is 2.37. The van der Waals surface area contributed by atoms with E-state index < -0.39 is 0 Å². The third-order valence-corrected chi connectivity index (χ3v) is 2.55. The minimum atomic E-state index is -0.375. The number of benzene rings is 1. The van der Waals surface area contributed by atoms with E-state index in [4.69, 9.17) is 0 Å². The third-order valence-electron chi connectivity index (χ3n) is 2.55. The lowest BCUT2D eigenvalue weighted by Gasteiger charge is -2.17. The van der Waals surface area contributed by atoms with Gasteiger partial charge in [0, 0.05) is 25.0 Å². The number of rotatable bonds is 2. The van der Waals surface area contributed by atoms with Gasteiger partial charge in [0.15, 0.2) is 0 Å². The predicted molar refractivity (Wildman–Crippen MR) is 66.7 cm³/mol. The highest BCUT2D eigenvalue weighted by atomic mass is 16.3. The Morgan fingerprint density at radius 1 is 1.28 bits per heavy atom. The van der Waals surface area contributed by atoms with Crippen LogP contribution in [0.2, 0.25) is 0 Å². The molecule has 0 bridgehead atoms. The maximum Gasteiger partial charge on any atom is 0.261 e. The van der Waals surface area contributed by atoms with Crippen molar-refractivity contribution in [2.24, 2.45) is 0 Å². The number of pyridine rings is 1. The van der Waals surface area contributed by atoms with Crippen molar-refractivity contribution in [1.82, 2.24) is 4.98 Å². The van der Waals surface area contributed by atoms with Gasteiger partial charge in [-0.05, 0) is 18.2 Å². The van der Waals surface area contributed by atoms with Crippen LogP contribution in [0.5, 0.6) is 11.5 Å². The number of nitrogens with zero attached hydrogens (tertiary/aromatic N) is 2. The van der Waals surface area contributed by atoms with Gasteiger partial charge in [-0.25, -0.2) is 0 Å². The fourth-order valence-corrected chi connectivity index (χ4v) is 1.57. The summed E-state index contributed by atoms with van der Waals surface area (Å²) in [5.74, 6) is -0.471. The first-order valence-corrected chi connectivity index (χ1v) is 5.29. The van der Waals surface area contributed by atoms with Crippen LogP contribution in [0.15, 0.2) is 42.7 Å². The second-order valence-electron chi connectivity index (χ2n) is 3.78. The molecule has 0 atom stereocenters. The minimum Gasteiger partial charge on any atom is -0.508 e. The Morgan fingerprint density at radius 3 is 2.72 bits per heavy atom. The Balaban J connectivity index is 2.32. The number of aromatic nitrogens is 1. The molecule has 5 heteroatoms. The molecule has 2 aromatic rings. The van der Waals surface area contributed by atoms with Gasteiger partial charge in [0.25, 0.3) is 5.91 Å². The van der Waals surface area contributed by atoms with Crippen LogP contribution >= 0.6 is 0 Å². The smallest absolute Gasteiger partial charge is 0.261 e. The van der Waals surface area contributed by atoms with Crippen LogP contribution in [-0.2, 0) is 0 Å². The van der Waals surface area contributed by atoms with Gasteiger partial charge in [0.2, 0.25) is 0 Å². The summed E-state index contributed by atoms with van der Waals surface area (Å²) in [5.41, 5.74) is 0.701. The predicted octanol–water partition coefficient (Wildman–Crippen LogP) is 1.77. The first-order valence-electron chi connectivity index (χ1n) is 5.29. The lowest BCUT2D eigenvalue weighted by molar-refractivity contribution is 0.0990. The van der Waals surface area contributed by atoms with Crippen LogP contribution < -0.4 is 4.90 Å². The molecule has 2 N–H and O–H groups in total. The van der Waals surface area contributed by atoms with E-state index in [2.05, 4.69) is 4.98 Å². The van der Waals surface area contributed by atoms with Crippen LogP contribution in [0, 0.1) is 0 Å². The molecule has 0 aliphatic carbocycles. The van der Waals surface area contributed by atoms with Gasteiger partial charge in [-0.3, -0.25) is 9.78 Å². The maximum absolute atomic E-state index is 12.1. The molecule has 0 aliphatic heterocycles. The summed E-state index contributed by atoms with van der Waals surface area (Å²) >= 11 is 0. The lowest BCUT2D eigenvalue weighted by Crippen LogP contribution is -2.26. The van der Waals surface area contributed by atoms with Crippen molar-refractivity contribution in [3.63, 3.8) is 0 Å². The molecule has 0 spiro atoms. The minimum absolute atomic E-state index is 0.0751. The molecule has 2 rings (SSSR count). The van der Waals surface area contributed by atoms with Gasteiger partial charge in [0.1, 0.15) is 11.5 Å². The largest absolute Gasteiger partial charge is 0.508 e. The van der Waals surface area contributed by atoms with E-state index in [0.717, 1.165) is 0 Å². The fourth-order valence-electron chi connectivity index (χ4n) is 1.57. The van der Waals surface area contributed by atoms with Crippen molar-refractivity contribution >= 4 is 11.6 Å². The molecular weight excluding hydrogens is 232 g/mol. The topological polar surface area (TPSA) is 73.7 Å². The standard InChI is InChI=1S/C13H12N2O3/c1-15(9-3-2-4-10(16)7-9)13(18)11-5-6-14-8-12(11)17/h2-8,16-17H,1H3. The zero-order chi connectivity index (χ0) is 13.1. The molecule has 1 aromatic heterocycles. The van der Waals surface area contributed by atoms with E-state index in [1.807, 2.05) is 0 Å². The van der Waals surface area contributed by atoms with Gasteiger partial charge in [-0.1, -0.05) is 6.07 Å². The molecule has 18 heavy (non-hydrogen) atoms. The Labute approximate surface area is 104 Å². The number of hydrogen-bond acceptors (Lipinski definition) is 4. The van der Waals surface area contributed by atoms with E-state index in [1.165, 1.54) is 35.5 Å². The highest BCUT2D eigenvalue weighted by Gasteiger charge is 2.17. The zero-order valence-electron chi connectivity index (χ0n) is 9.74. The number of carbonyl (C=O) groups is 1. The molecule has 0 saturated heterocycles. The number of aromatic hydroxyl groups is 2. The number of phenolic OH excluding ortho intramolecular Hbond substituents is 1. The van der Waals surface area contributed by atoms with E-state index in [9.17, 15) is 15.0 Å². The number of anilines is 1. The molecule has 0 aliphatic rings. The summed E-state index contributed by atoms with van der Waals surface area (Å²) in [4.78, 5) is 17.2. The van der Waals surface area contributed by atoms with E-state index >= 15 is 0 Å². The number of phenols is 1. The van der Waals surface area contributed by atoms with Gasteiger partial charge >= 0.3 is 0 Å². The number of hydrogen-bond donors (Lipinski definition) is 2. The molecule has 1 amide bonds. The monoisotopic (exact) mass is 244 g/mol. The molecule has 1 aromatic carbocycles. The van der Waals surface area contributed by atoms with Crippen LogP contribution in [0.4, 0.5) is 5.69 Å². The first-order chi connectivity index (χ1) is 8.59. The number of carbonyl (C=O) groups excluding carboxylic acids is 1. The summed E-state index contributed by atoms with van der Waals surface area (Å²) in [7, 11) is 1.57. The molecule has 0 fully saturated rings. The molecule has 0 radical (unpaired) electrons. The van der Waals surface area contributed by atoms with Crippen molar-refractivity contribution in [3.05, 3.63) is 48.3 Å². The Bertz CT molecular complexity index is 584. The van der Waals surface area contributed by atoms with E-state index in [0.29, 0.717) is 5.69 Å². The van der Waals surface area contributed by atoms with Gasteiger partial charge in [0.05, 0.1) is 11.8 Å². The molecule has 5 nitrogen and oxygen atoms in total. The van der Waals surface area contributed by atoms with Crippen LogP contribution in [-0.4, -0.2) is 28.2 Å². The van der Waals surface area contributed by atoms with E-state index in [-0.39, 0.29) is 23.0 Å². The second kappa shape index (κ2) is 4.75. The van der Waals surface area contributed by atoms with Crippen molar-refractivity contribution in [2.75, 3.05) is 11.9 Å². The average molecular weight is 244 g/mol.